The molecule has 0 spiro atoms. The van der Waals surface area contributed by atoms with Crippen molar-refractivity contribution >= 4 is 31.6 Å². The van der Waals surface area contributed by atoms with Crippen molar-refractivity contribution in [2.45, 2.75) is 19.9 Å². The van der Waals surface area contributed by atoms with E-state index in [2.05, 4.69) is 26.0 Å². The van der Waals surface area contributed by atoms with Gasteiger partial charge in [0.05, 0.1) is 11.4 Å². The summed E-state index contributed by atoms with van der Waals surface area (Å²) < 4.78 is 39.6. The Morgan fingerprint density at radius 2 is 2.06 bits per heavy atom. The highest BCUT2D eigenvalue weighted by molar-refractivity contribution is 9.10. The molecule has 18 heavy (non-hydrogen) atoms. The van der Waals surface area contributed by atoms with Gasteiger partial charge >= 0.3 is 0 Å². The lowest BCUT2D eigenvalue weighted by Gasteiger charge is -2.11. The van der Waals surface area contributed by atoms with Crippen LogP contribution in [-0.4, -0.2) is 26.8 Å². The van der Waals surface area contributed by atoms with E-state index in [4.69, 9.17) is 0 Å². The highest BCUT2D eigenvalue weighted by Crippen LogP contribution is 2.20. The van der Waals surface area contributed by atoms with E-state index in [9.17, 15) is 12.8 Å². The first-order valence-electron chi connectivity index (χ1n) is 5.49. The van der Waals surface area contributed by atoms with E-state index in [1.807, 2.05) is 13.8 Å². The van der Waals surface area contributed by atoms with Gasteiger partial charge in [0.25, 0.3) is 0 Å². The van der Waals surface area contributed by atoms with Crippen LogP contribution in [0.4, 0.5) is 10.1 Å². The summed E-state index contributed by atoms with van der Waals surface area (Å²) in [5, 5.41) is 2.99. The monoisotopic (exact) mass is 338 g/mol. The molecule has 1 aromatic rings. The average Bonchev–Trinajstić information content (AvgIpc) is 2.21. The molecule has 0 aliphatic carbocycles. The molecule has 0 fully saturated rings. The number of sulfonamides is 1. The molecule has 0 unspecified atom stereocenters. The number of nitrogens with one attached hydrogen (secondary N) is 2. The summed E-state index contributed by atoms with van der Waals surface area (Å²) in [4.78, 5) is 0. The minimum Gasteiger partial charge on any atom is -0.313 e. The Balaban J connectivity index is 2.65. The number of halogens is 2. The first kappa shape index (κ1) is 15.4. The van der Waals surface area contributed by atoms with Crippen LogP contribution in [0.15, 0.2) is 22.7 Å². The molecule has 0 aliphatic heterocycles. The zero-order chi connectivity index (χ0) is 13.8. The van der Waals surface area contributed by atoms with Crippen molar-refractivity contribution in [2.24, 2.45) is 0 Å². The third-order valence-electron chi connectivity index (χ3n) is 2.12. The third kappa shape index (κ3) is 5.32. The molecule has 102 valence electrons. The lowest BCUT2D eigenvalue weighted by molar-refractivity contribution is 0.580. The van der Waals surface area contributed by atoms with Gasteiger partial charge in [-0.05, 0) is 18.2 Å². The summed E-state index contributed by atoms with van der Waals surface area (Å²) in [6.07, 6.45) is 0. The Hall–Kier alpha value is -0.660. The summed E-state index contributed by atoms with van der Waals surface area (Å²) in [7, 11) is -3.53. The second kappa shape index (κ2) is 6.49. The van der Waals surface area contributed by atoms with Gasteiger partial charge in [0.2, 0.25) is 10.0 Å². The van der Waals surface area contributed by atoms with Crippen molar-refractivity contribution in [1.29, 1.82) is 0 Å². The molecule has 1 aromatic carbocycles. The minimum atomic E-state index is -3.53. The number of hydrogen-bond acceptors (Lipinski definition) is 3. The summed E-state index contributed by atoms with van der Waals surface area (Å²) in [5.41, 5.74) is -0.0391. The molecule has 0 aliphatic rings. The molecular formula is C11H16BrFN2O2S. The first-order chi connectivity index (χ1) is 8.30. The van der Waals surface area contributed by atoms with Gasteiger partial charge in [0, 0.05) is 17.1 Å². The topological polar surface area (TPSA) is 58.2 Å². The largest absolute Gasteiger partial charge is 0.313 e. The van der Waals surface area contributed by atoms with Crippen LogP contribution < -0.4 is 10.0 Å². The Morgan fingerprint density at radius 1 is 1.39 bits per heavy atom. The summed E-state index contributed by atoms with van der Waals surface area (Å²) in [6, 6.07) is 4.38. The van der Waals surface area contributed by atoms with Crippen LogP contribution in [-0.2, 0) is 10.0 Å². The van der Waals surface area contributed by atoms with Crippen LogP contribution in [0.3, 0.4) is 0 Å². The van der Waals surface area contributed by atoms with E-state index >= 15 is 0 Å². The van der Waals surface area contributed by atoms with Crippen molar-refractivity contribution in [1.82, 2.24) is 5.32 Å². The Morgan fingerprint density at radius 3 is 2.61 bits per heavy atom. The summed E-state index contributed by atoms with van der Waals surface area (Å²) >= 11 is 3.11. The van der Waals surface area contributed by atoms with Crippen molar-refractivity contribution in [3.8, 4) is 0 Å². The van der Waals surface area contributed by atoms with Crippen LogP contribution in [0.2, 0.25) is 0 Å². The van der Waals surface area contributed by atoms with Crippen molar-refractivity contribution in [3.05, 3.63) is 28.5 Å². The Bertz CT molecular complexity index is 506. The molecular weight excluding hydrogens is 323 g/mol. The number of hydrogen-bond donors (Lipinski definition) is 2. The highest BCUT2D eigenvalue weighted by Gasteiger charge is 2.13. The fourth-order valence-corrected chi connectivity index (χ4v) is 2.60. The van der Waals surface area contributed by atoms with Crippen LogP contribution in [0.1, 0.15) is 13.8 Å². The highest BCUT2D eigenvalue weighted by atomic mass is 79.9. The standard InChI is InChI=1S/C11H16BrFN2O2S/c1-8(2)14-5-6-18(16,17)15-11-4-3-9(12)7-10(11)13/h3-4,7-8,14-15H,5-6H2,1-2H3. The van der Waals surface area contributed by atoms with Crippen molar-refractivity contribution < 1.29 is 12.8 Å². The van der Waals surface area contributed by atoms with E-state index in [-0.39, 0.29) is 17.5 Å². The van der Waals surface area contributed by atoms with Gasteiger partial charge in [-0.3, -0.25) is 4.72 Å². The van der Waals surface area contributed by atoms with E-state index in [1.165, 1.54) is 12.1 Å². The predicted octanol–water partition coefficient (Wildman–Crippen LogP) is 2.33. The average molecular weight is 339 g/mol. The minimum absolute atomic E-state index is 0.0391. The van der Waals surface area contributed by atoms with E-state index in [0.717, 1.165) is 0 Å². The third-order valence-corrected chi connectivity index (χ3v) is 3.89. The molecule has 0 amide bonds. The Kier molecular flexibility index (Phi) is 5.55. The van der Waals surface area contributed by atoms with Crippen LogP contribution in [0, 0.1) is 5.82 Å². The summed E-state index contributed by atoms with van der Waals surface area (Å²) in [6.45, 7) is 4.17. The predicted molar refractivity (Wildman–Crippen MR) is 74.6 cm³/mol. The zero-order valence-electron chi connectivity index (χ0n) is 10.2. The smallest absolute Gasteiger partial charge is 0.234 e. The number of anilines is 1. The van der Waals surface area contributed by atoms with Crippen molar-refractivity contribution in [2.75, 3.05) is 17.0 Å². The van der Waals surface area contributed by atoms with Crippen LogP contribution in [0.25, 0.3) is 0 Å². The molecule has 0 atom stereocenters. The van der Waals surface area contributed by atoms with Gasteiger partial charge in [-0.2, -0.15) is 0 Å². The maximum atomic E-state index is 13.5. The first-order valence-corrected chi connectivity index (χ1v) is 7.93. The summed E-state index contributed by atoms with van der Waals surface area (Å²) in [5.74, 6) is -0.703. The molecule has 1 rings (SSSR count). The van der Waals surface area contributed by atoms with Gasteiger partial charge in [0.1, 0.15) is 5.82 Å². The normalized spacial score (nSPS) is 11.8. The maximum absolute atomic E-state index is 13.5. The fraction of sp³-hybridized carbons (Fsp3) is 0.455. The molecule has 0 saturated heterocycles. The maximum Gasteiger partial charge on any atom is 0.234 e. The van der Waals surface area contributed by atoms with Gasteiger partial charge in [-0.15, -0.1) is 0 Å². The number of benzene rings is 1. The molecule has 4 nitrogen and oxygen atoms in total. The second-order valence-electron chi connectivity index (χ2n) is 4.15. The van der Waals surface area contributed by atoms with Gasteiger partial charge in [-0.1, -0.05) is 29.8 Å². The van der Waals surface area contributed by atoms with Gasteiger partial charge in [-0.25, -0.2) is 12.8 Å². The lowest BCUT2D eigenvalue weighted by Crippen LogP contribution is -2.31. The van der Waals surface area contributed by atoms with Gasteiger partial charge < -0.3 is 5.32 Å². The molecule has 0 saturated carbocycles. The van der Waals surface area contributed by atoms with E-state index in [1.54, 1.807) is 6.07 Å². The molecule has 2 N–H and O–H groups in total. The zero-order valence-corrected chi connectivity index (χ0v) is 12.6. The SMILES string of the molecule is CC(C)NCCS(=O)(=O)Nc1ccc(Br)cc1F. The molecule has 0 heterocycles. The molecule has 0 aromatic heterocycles. The lowest BCUT2D eigenvalue weighted by atomic mass is 10.3. The molecule has 0 radical (unpaired) electrons. The van der Waals surface area contributed by atoms with Crippen LogP contribution >= 0.6 is 15.9 Å². The number of rotatable bonds is 6. The van der Waals surface area contributed by atoms with E-state index in [0.29, 0.717) is 11.0 Å². The fourth-order valence-electron chi connectivity index (χ4n) is 1.27. The quantitative estimate of drug-likeness (QED) is 0.836. The second-order valence-corrected chi connectivity index (χ2v) is 6.91. The van der Waals surface area contributed by atoms with E-state index < -0.39 is 15.8 Å². The Labute approximate surface area is 115 Å². The van der Waals surface area contributed by atoms with Gasteiger partial charge in [0.15, 0.2) is 0 Å². The van der Waals surface area contributed by atoms with Crippen molar-refractivity contribution in [3.63, 3.8) is 0 Å². The molecule has 0 bridgehead atoms. The molecule has 7 heteroatoms. The van der Waals surface area contributed by atoms with Crippen LogP contribution in [0.5, 0.6) is 0 Å².